The molecule has 1 aromatic heterocycles. The van der Waals surface area contributed by atoms with Crippen LogP contribution < -0.4 is 5.32 Å². The number of nitrogens with one attached hydrogen (secondary N) is 2. The summed E-state index contributed by atoms with van der Waals surface area (Å²) in [6.45, 7) is 3.47. The van der Waals surface area contributed by atoms with Crippen LogP contribution in [0.1, 0.15) is 12.5 Å². The molecule has 2 aromatic rings. The lowest BCUT2D eigenvalue weighted by atomic mass is 10.1. The Balaban J connectivity index is 2.12. The van der Waals surface area contributed by atoms with Crippen LogP contribution in [0, 0.1) is 11.8 Å². The minimum atomic E-state index is 0.747. The average molecular weight is 198 g/mol. The predicted molar refractivity (Wildman–Crippen MR) is 63.5 cm³/mol. The summed E-state index contributed by atoms with van der Waals surface area (Å²) in [5.74, 6) is 5.86. The normalized spacial score (nSPS) is 9.93. The smallest absolute Gasteiger partial charge is 0.0579 e. The van der Waals surface area contributed by atoms with Gasteiger partial charge in [-0.1, -0.05) is 18.1 Å². The van der Waals surface area contributed by atoms with E-state index in [0.717, 1.165) is 13.1 Å². The molecule has 2 rings (SSSR count). The molecule has 1 heterocycles. The highest BCUT2D eigenvalue weighted by Crippen LogP contribution is 2.16. The van der Waals surface area contributed by atoms with E-state index in [1.54, 1.807) is 0 Å². The van der Waals surface area contributed by atoms with Crippen LogP contribution in [0.25, 0.3) is 10.9 Å². The summed E-state index contributed by atoms with van der Waals surface area (Å²) in [5, 5.41) is 4.58. The molecule has 0 radical (unpaired) electrons. The average Bonchev–Trinajstić information content (AvgIpc) is 2.73. The Labute approximate surface area is 89.7 Å². The summed E-state index contributed by atoms with van der Waals surface area (Å²) in [6, 6.07) is 8.41. The molecule has 0 atom stereocenters. The number of H-pyrrole nitrogens is 1. The van der Waals surface area contributed by atoms with Gasteiger partial charge in [-0.05, 0) is 24.6 Å². The number of rotatable bonds is 3. The van der Waals surface area contributed by atoms with Crippen LogP contribution in [-0.4, -0.2) is 11.5 Å². The van der Waals surface area contributed by atoms with Crippen molar-refractivity contribution in [2.75, 3.05) is 6.54 Å². The zero-order valence-electron chi connectivity index (χ0n) is 8.80. The van der Waals surface area contributed by atoms with E-state index < -0.39 is 0 Å². The summed E-state index contributed by atoms with van der Waals surface area (Å²) in [6.07, 6.45) is 1.97. The number of hydrogen-bond donors (Lipinski definition) is 2. The first-order chi connectivity index (χ1) is 7.42. The molecule has 0 saturated heterocycles. The monoisotopic (exact) mass is 198 g/mol. The molecular weight excluding hydrogens is 184 g/mol. The summed E-state index contributed by atoms with van der Waals surface area (Å²) in [5.41, 5.74) is 2.50. The highest BCUT2D eigenvalue weighted by molar-refractivity contribution is 5.82. The number of fused-ring (bicyclic) bond motifs is 1. The summed E-state index contributed by atoms with van der Waals surface area (Å²) >= 11 is 0. The molecule has 0 spiro atoms. The molecule has 0 unspecified atom stereocenters. The molecule has 0 saturated carbocycles. The standard InChI is InChI=1S/C13H14N2/c1-2-3-8-14-10-11-5-4-6-13-12(11)7-9-15-13/h4-7,9,14-15H,8,10H2,1H3. The fourth-order valence-corrected chi connectivity index (χ4v) is 1.65. The Hall–Kier alpha value is -1.72. The largest absolute Gasteiger partial charge is 0.361 e. The fourth-order valence-electron chi connectivity index (χ4n) is 1.65. The van der Waals surface area contributed by atoms with E-state index in [1.165, 1.54) is 16.5 Å². The van der Waals surface area contributed by atoms with Gasteiger partial charge >= 0.3 is 0 Å². The van der Waals surface area contributed by atoms with Crippen molar-refractivity contribution in [3.63, 3.8) is 0 Å². The summed E-state index contributed by atoms with van der Waals surface area (Å²) in [4.78, 5) is 3.21. The first kappa shape index (κ1) is 9.82. The van der Waals surface area contributed by atoms with Crippen LogP contribution in [0.2, 0.25) is 0 Å². The van der Waals surface area contributed by atoms with Crippen LogP contribution >= 0.6 is 0 Å². The Bertz CT molecular complexity index is 500. The van der Waals surface area contributed by atoms with E-state index in [9.17, 15) is 0 Å². The van der Waals surface area contributed by atoms with Crippen LogP contribution in [0.4, 0.5) is 0 Å². The van der Waals surface area contributed by atoms with Gasteiger partial charge in [-0.3, -0.25) is 0 Å². The third-order valence-electron chi connectivity index (χ3n) is 2.39. The van der Waals surface area contributed by atoms with E-state index in [4.69, 9.17) is 0 Å². The van der Waals surface area contributed by atoms with E-state index in [-0.39, 0.29) is 0 Å². The molecule has 0 amide bonds. The molecule has 2 nitrogen and oxygen atoms in total. The van der Waals surface area contributed by atoms with Gasteiger partial charge in [-0.25, -0.2) is 0 Å². The lowest BCUT2D eigenvalue weighted by Gasteiger charge is -2.02. The topological polar surface area (TPSA) is 27.8 Å². The molecule has 1 aromatic carbocycles. The van der Waals surface area contributed by atoms with Gasteiger partial charge in [0.25, 0.3) is 0 Å². The van der Waals surface area contributed by atoms with E-state index >= 15 is 0 Å². The molecule has 0 aliphatic heterocycles. The Kier molecular flexibility index (Phi) is 3.06. The number of benzene rings is 1. The maximum Gasteiger partial charge on any atom is 0.0579 e. The first-order valence-electron chi connectivity index (χ1n) is 5.07. The number of aromatic nitrogens is 1. The second-order valence-electron chi connectivity index (χ2n) is 3.39. The van der Waals surface area contributed by atoms with Gasteiger partial charge in [0.05, 0.1) is 6.54 Å². The number of aromatic amines is 1. The maximum atomic E-state index is 3.30. The summed E-state index contributed by atoms with van der Waals surface area (Å²) < 4.78 is 0. The van der Waals surface area contributed by atoms with Crippen LogP contribution in [-0.2, 0) is 6.54 Å². The predicted octanol–water partition coefficient (Wildman–Crippen LogP) is 2.28. The minimum absolute atomic E-state index is 0.747. The van der Waals surface area contributed by atoms with Crippen molar-refractivity contribution in [2.45, 2.75) is 13.5 Å². The lowest BCUT2D eigenvalue weighted by Crippen LogP contribution is -2.13. The van der Waals surface area contributed by atoms with Crippen molar-refractivity contribution >= 4 is 10.9 Å². The van der Waals surface area contributed by atoms with Crippen molar-refractivity contribution in [2.24, 2.45) is 0 Å². The van der Waals surface area contributed by atoms with Gasteiger partial charge in [0.2, 0.25) is 0 Å². The minimum Gasteiger partial charge on any atom is -0.361 e. The highest BCUT2D eigenvalue weighted by atomic mass is 14.8. The lowest BCUT2D eigenvalue weighted by molar-refractivity contribution is 0.774. The van der Waals surface area contributed by atoms with Gasteiger partial charge in [-0.2, -0.15) is 0 Å². The van der Waals surface area contributed by atoms with Crippen molar-refractivity contribution in [3.8, 4) is 11.8 Å². The molecule has 2 heteroatoms. The van der Waals surface area contributed by atoms with E-state index in [1.807, 2.05) is 13.1 Å². The molecule has 0 aliphatic carbocycles. The Morgan fingerprint density at radius 3 is 3.13 bits per heavy atom. The van der Waals surface area contributed by atoms with Crippen LogP contribution in [0.15, 0.2) is 30.5 Å². The first-order valence-corrected chi connectivity index (χ1v) is 5.07. The SMILES string of the molecule is CC#CCNCc1cccc2[nH]ccc12. The van der Waals surface area contributed by atoms with E-state index in [2.05, 4.69) is 46.4 Å². The van der Waals surface area contributed by atoms with Crippen LogP contribution in [0.3, 0.4) is 0 Å². The van der Waals surface area contributed by atoms with Crippen LogP contribution in [0.5, 0.6) is 0 Å². The third-order valence-corrected chi connectivity index (χ3v) is 2.39. The van der Waals surface area contributed by atoms with Gasteiger partial charge in [0.15, 0.2) is 0 Å². The van der Waals surface area contributed by atoms with Gasteiger partial charge in [0, 0.05) is 23.6 Å². The quantitative estimate of drug-likeness (QED) is 0.574. The van der Waals surface area contributed by atoms with Gasteiger partial charge in [-0.15, -0.1) is 5.92 Å². The Morgan fingerprint density at radius 2 is 2.27 bits per heavy atom. The van der Waals surface area contributed by atoms with Crippen molar-refractivity contribution in [3.05, 3.63) is 36.0 Å². The third kappa shape index (κ3) is 2.20. The second-order valence-corrected chi connectivity index (χ2v) is 3.39. The molecule has 15 heavy (non-hydrogen) atoms. The zero-order valence-corrected chi connectivity index (χ0v) is 8.80. The summed E-state index contributed by atoms with van der Waals surface area (Å²) in [7, 11) is 0. The molecule has 0 fully saturated rings. The molecule has 0 aliphatic rings. The van der Waals surface area contributed by atoms with E-state index in [0.29, 0.717) is 0 Å². The van der Waals surface area contributed by atoms with Gasteiger partial charge < -0.3 is 10.3 Å². The molecule has 76 valence electrons. The highest BCUT2D eigenvalue weighted by Gasteiger charge is 1.99. The Morgan fingerprint density at radius 1 is 1.33 bits per heavy atom. The fraction of sp³-hybridized carbons (Fsp3) is 0.231. The molecular formula is C13H14N2. The van der Waals surface area contributed by atoms with Gasteiger partial charge in [0.1, 0.15) is 0 Å². The number of hydrogen-bond acceptors (Lipinski definition) is 1. The van der Waals surface area contributed by atoms with Crippen molar-refractivity contribution in [1.82, 2.24) is 10.3 Å². The molecule has 0 bridgehead atoms. The zero-order chi connectivity index (χ0) is 10.5. The van der Waals surface area contributed by atoms with Crippen molar-refractivity contribution in [1.29, 1.82) is 0 Å². The molecule has 2 N–H and O–H groups in total. The maximum absolute atomic E-state index is 3.30. The second kappa shape index (κ2) is 4.68. The van der Waals surface area contributed by atoms with Crippen molar-refractivity contribution < 1.29 is 0 Å².